The van der Waals surface area contributed by atoms with Crippen molar-refractivity contribution in [3.63, 3.8) is 0 Å². The van der Waals surface area contributed by atoms with E-state index in [1.54, 1.807) is 11.3 Å². The second-order valence-electron chi connectivity index (χ2n) is 7.19. The van der Waals surface area contributed by atoms with E-state index < -0.39 is 17.7 Å². The van der Waals surface area contributed by atoms with Gasteiger partial charge < -0.3 is 15.1 Å². The number of hydrogen-bond acceptors (Lipinski definition) is 4. The molecular formula is C20H22F3N3O2S. The molecule has 2 aromatic rings. The van der Waals surface area contributed by atoms with Gasteiger partial charge in [-0.3, -0.25) is 9.59 Å². The van der Waals surface area contributed by atoms with Crippen LogP contribution < -0.4 is 10.2 Å². The molecule has 0 aliphatic carbocycles. The Bertz CT molecular complexity index is 868. The van der Waals surface area contributed by atoms with Crippen LogP contribution in [0.3, 0.4) is 0 Å². The molecule has 1 fully saturated rings. The van der Waals surface area contributed by atoms with Crippen LogP contribution in [-0.4, -0.2) is 43.9 Å². The highest BCUT2D eigenvalue weighted by molar-refractivity contribution is 7.10. The van der Waals surface area contributed by atoms with Crippen molar-refractivity contribution in [2.24, 2.45) is 5.92 Å². The number of carbonyl (C=O) groups excluding carboxylic acids is 2. The van der Waals surface area contributed by atoms with E-state index in [2.05, 4.69) is 5.32 Å². The highest BCUT2D eigenvalue weighted by Crippen LogP contribution is 2.33. The number of benzene rings is 1. The smallest absolute Gasteiger partial charge is 0.354 e. The molecule has 0 bridgehead atoms. The number of thiophene rings is 1. The number of nitrogens with zero attached hydrogens (tertiary/aromatic N) is 2. The van der Waals surface area contributed by atoms with Gasteiger partial charge in [0.1, 0.15) is 0 Å². The summed E-state index contributed by atoms with van der Waals surface area (Å²) in [5, 5.41) is 4.86. The number of halogens is 3. The van der Waals surface area contributed by atoms with Gasteiger partial charge in [-0.2, -0.15) is 13.2 Å². The molecule has 5 nitrogen and oxygen atoms in total. The lowest BCUT2D eigenvalue weighted by Gasteiger charge is -2.24. The summed E-state index contributed by atoms with van der Waals surface area (Å²) in [6.07, 6.45) is -4.51. The van der Waals surface area contributed by atoms with Crippen molar-refractivity contribution in [2.45, 2.75) is 18.6 Å². The van der Waals surface area contributed by atoms with Crippen molar-refractivity contribution in [2.75, 3.05) is 32.1 Å². The van der Waals surface area contributed by atoms with E-state index in [-0.39, 0.29) is 36.5 Å². The Hall–Kier alpha value is -2.39. The third kappa shape index (κ3) is 4.97. The molecule has 2 atom stereocenters. The standard InChI is InChI=1S/C20H22F3N3O2S/c1-25(2)16(17-7-4-8-29-17)11-24-19(28)13-9-18(27)26(12-13)15-6-3-5-14(10-15)20(21,22)23/h3-8,10,13,16H,9,11-12H2,1-2H3,(H,24,28)/t13-,16+/m1/s1. The summed E-state index contributed by atoms with van der Waals surface area (Å²) in [6, 6.07) is 8.57. The van der Waals surface area contributed by atoms with Crippen molar-refractivity contribution in [3.05, 3.63) is 52.2 Å². The quantitative estimate of drug-likeness (QED) is 0.770. The van der Waals surface area contributed by atoms with Gasteiger partial charge in [-0.1, -0.05) is 12.1 Å². The summed E-state index contributed by atoms with van der Waals surface area (Å²) in [7, 11) is 3.84. The molecule has 2 heterocycles. The number of anilines is 1. The fourth-order valence-electron chi connectivity index (χ4n) is 3.34. The SMILES string of the molecule is CN(C)[C@@H](CNC(=O)[C@@H]1CC(=O)N(c2cccc(C(F)(F)F)c2)C1)c1cccs1. The first-order valence-corrected chi connectivity index (χ1v) is 10.00. The molecule has 9 heteroatoms. The van der Waals surface area contributed by atoms with E-state index in [0.717, 1.165) is 17.0 Å². The number of hydrogen-bond donors (Lipinski definition) is 1. The molecule has 156 valence electrons. The minimum atomic E-state index is -4.49. The lowest BCUT2D eigenvalue weighted by molar-refractivity contribution is -0.137. The van der Waals surface area contributed by atoms with E-state index in [1.165, 1.54) is 17.0 Å². The van der Waals surface area contributed by atoms with Crippen LogP contribution in [-0.2, 0) is 15.8 Å². The van der Waals surface area contributed by atoms with E-state index >= 15 is 0 Å². The molecule has 29 heavy (non-hydrogen) atoms. The summed E-state index contributed by atoms with van der Waals surface area (Å²) in [5.41, 5.74) is -0.662. The van der Waals surface area contributed by atoms with Crippen LogP contribution in [0.2, 0.25) is 0 Å². The average Bonchev–Trinajstić information content (AvgIpc) is 3.31. The molecule has 1 N–H and O–H groups in total. The lowest BCUT2D eigenvalue weighted by atomic mass is 10.1. The van der Waals surface area contributed by atoms with Gasteiger partial charge in [0, 0.05) is 30.1 Å². The normalized spacial score (nSPS) is 18.3. The first kappa shape index (κ1) is 21.3. The molecule has 0 spiro atoms. The van der Waals surface area contributed by atoms with Gasteiger partial charge in [0.25, 0.3) is 0 Å². The zero-order valence-electron chi connectivity index (χ0n) is 16.1. The number of likely N-dealkylation sites (N-methyl/N-ethyl adjacent to an activating group) is 1. The van der Waals surface area contributed by atoms with Gasteiger partial charge in [-0.05, 0) is 43.7 Å². The topological polar surface area (TPSA) is 52.7 Å². The Morgan fingerprint density at radius 2 is 2.07 bits per heavy atom. The minimum Gasteiger partial charge on any atom is -0.354 e. The van der Waals surface area contributed by atoms with Crippen LogP contribution in [0.1, 0.15) is 22.9 Å². The zero-order valence-corrected chi connectivity index (χ0v) is 16.9. The molecular weight excluding hydrogens is 403 g/mol. The van der Waals surface area contributed by atoms with E-state index in [9.17, 15) is 22.8 Å². The van der Waals surface area contributed by atoms with Gasteiger partial charge in [-0.15, -0.1) is 11.3 Å². The Morgan fingerprint density at radius 1 is 1.31 bits per heavy atom. The number of rotatable bonds is 6. The highest BCUT2D eigenvalue weighted by Gasteiger charge is 2.37. The first-order valence-electron chi connectivity index (χ1n) is 9.12. The summed E-state index contributed by atoms with van der Waals surface area (Å²) in [5.74, 6) is -1.22. The van der Waals surface area contributed by atoms with Crippen LogP contribution in [0.25, 0.3) is 0 Å². The van der Waals surface area contributed by atoms with Crippen molar-refractivity contribution < 1.29 is 22.8 Å². The predicted octanol–water partition coefficient (Wildman–Crippen LogP) is 3.54. The van der Waals surface area contributed by atoms with Gasteiger partial charge in [0.05, 0.1) is 17.5 Å². The fourth-order valence-corrected chi connectivity index (χ4v) is 4.27. The van der Waals surface area contributed by atoms with Crippen LogP contribution in [0.15, 0.2) is 41.8 Å². The molecule has 0 unspecified atom stereocenters. The van der Waals surface area contributed by atoms with E-state index in [1.807, 2.05) is 36.5 Å². The summed E-state index contributed by atoms with van der Waals surface area (Å²) < 4.78 is 38.8. The summed E-state index contributed by atoms with van der Waals surface area (Å²) in [6.45, 7) is 0.457. The molecule has 3 rings (SSSR count). The molecule has 1 aromatic carbocycles. The number of carbonyl (C=O) groups is 2. The maximum absolute atomic E-state index is 12.9. The lowest BCUT2D eigenvalue weighted by Crippen LogP contribution is -2.38. The minimum absolute atomic E-state index is 0.00984. The van der Waals surface area contributed by atoms with Gasteiger partial charge in [0.15, 0.2) is 0 Å². The van der Waals surface area contributed by atoms with Crippen molar-refractivity contribution in [1.29, 1.82) is 0 Å². The number of nitrogens with one attached hydrogen (secondary N) is 1. The maximum Gasteiger partial charge on any atom is 0.416 e. The Morgan fingerprint density at radius 3 is 2.69 bits per heavy atom. The number of alkyl halides is 3. The van der Waals surface area contributed by atoms with Crippen molar-refractivity contribution in [3.8, 4) is 0 Å². The molecule has 0 saturated carbocycles. The highest BCUT2D eigenvalue weighted by atomic mass is 32.1. The fraction of sp³-hybridized carbons (Fsp3) is 0.400. The van der Waals surface area contributed by atoms with Gasteiger partial charge in [-0.25, -0.2) is 0 Å². The Kier molecular flexibility index (Phi) is 6.28. The van der Waals surface area contributed by atoms with Crippen molar-refractivity contribution >= 4 is 28.8 Å². The van der Waals surface area contributed by atoms with Crippen molar-refractivity contribution in [1.82, 2.24) is 10.2 Å². The summed E-state index contributed by atoms with van der Waals surface area (Å²) in [4.78, 5) is 29.3. The molecule has 1 aliphatic rings. The zero-order chi connectivity index (χ0) is 21.2. The predicted molar refractivity (Wildman–Crippen MR) is 106 cm³/mol. The number of amides is 2. The van der Waals surface area contributed by atoms with E-state index in [4.69, 9.17) is 0 Å². The molecule has 1 saturated heterocycles. The Balaban J connectivity index is 1.65. The molecule has 0 radical (unpaired) electrons. The van der Waals surface area contributed by atoms with E-state index in [0.29, 0.717) is 6.54 Å². The van der Waals surface area contributed by atoms with Crippen LogP contribution in [0.5, 0.6) is 0 Å². The molecule has 2 amide bonds. The first-order chi connectivity index (χ1) is 13.7. The molecule has 1 aliphatic heterocycles. The van der Waals surface area contributed by atoms with Crippen LogP contribution in [0.4, 0.5) is 18.9 Å². The largest absolute Gasteiger partial charge is 0.416 e. The van der Waals surface area contributed by atoms with Gasteiger partial charge >= 0.3 is 6.18 Å². The Labute approximate surface area is 171 Å². The van der Waals surface area contributed by atoms with Gasteiger partial charge in [0.2, 0.25) is 11.8 Å². The third-order valence-electron chi connectivity index (χ3n) is 4.95. The second-order valence-corrected chi connectivity index (χ2v) is 8.17. The summed E-state index contributed by atoms with van der Waals surface area (Å²) >= 11 is 1.60. The monoisotopic (exact) mass is 425 g/mol. The average molecular weight is 425 g/mol. The van der Waals surface area contributed by atoms with Crippen LogP contribution in [0, 0.1) is 5.92 Å². The van der Waals surface area contributed by atoms with Crippen LogP contribution >= 0.6 is 11.3 Å². The second kappa shape index (κ2) is 8.54. The third-order valence-corrected chi connectivity index (χ3v) is 5.92. The molecule has 1 aromatic heterocycles. The maximum atomic E-state index is 12.9.